The highest BCUT2D eigenvalue weighted by atomic mass is 16.5. The molecule has 0 spiro atoms. The zero-order chi connectivity index (χ0) is 16.3. The van der Waals surface area contributed by atoms with E-state index in [1.807, 2.05) is 24.3 Å². The van der Waals surface area contributed by atoms with Crippen LogP contribution >= 0.6 is 0 Å². The van der Waals surface area contributed by atoms with Gasteiger partial charge in [-0.1, -0.05) is 32.9 Å². The lowest BCUT2D eigenvalue weighted by Gasteiger charge is -2.20. The second-order valence-corrected chi connectivity index (χ2v) is 7.28. The normalized spacial score (nSPS) is 17.7. The molecule has 1 saturated carbocycles. The first-order chi connectivity index (χ1) is 10.3. The molecule has 122 valence electrons. The number of amides is 1. The summed E-state index contributed by atoms with van der Waals surface area (Å²) < 4.78 is 5.70. The molecule has 0 aromatic heterocycles. The van der Waals surface area contributed by atoms with E-state index in [-0.39, 0.29) is 17.4 Å². The molecule has 22 heavy (non-hydrogen) atoms. The molecule has 2 rings (SSSR count). The zero-order valence-electron chi connectivity index (χ0n) is 14.1. The molecule has 0 saturated heterocycles. The molecule has 1 aliphatic rings. The predicted molar refractivity (Wildman–Crippen MR) is 88.9 cm³/mol. The Morgan fingerprint density at radius 3 is 2.41 bits per heavy atom. The quantitative estimate of drug-likeness (QED) is 0.849. The summed E-state index contributed by atoms with van der Waals surface area (Å²) in [6.45, 7) is 8.79. The fraction of sp³-hybridized carbons (Fsp3) is 0.611. The number of rotatable bonds is 6. The molecule has 0 aliphatic heterocycles. The highest BCUT2D eigenvalue weighted by Crippen LogP contribution is 2.31. The fourth-order valence-corrected chi connectivity index (χ4v) is 2.34. The molecule has 4 nitrogen and oxygen atoms in total. The molecular formula is C18H28N2O2. The number of nitrogens with two attached hydrogens (primary N) is 1. The first-order valence-corrected chi connectivity index (χ1v) is 8.08. The van der Waals surface area contributed by atoms with Gasteiger partial charge in [0.25, 0.3) is 5.91 Å². The van der Waals surface area contributed by atoms with Crippen LogP contribution in [0.4, 0.5) is 0 Å². The van der Waals surface area contributed by atoms with Crippen LogP contribution in [0.15, 0.2) is 24.3 Å². The van der Waals surface area contributed by atoms with Crippen LogP contribution in [0, 0.1) is 5.92 Å². The van der Waals surface area contributed by atoms with Crippen molar-refractivity contribution in [1.29, 1.82) is 0 Å². The minimum atomic E-state index is -0.521. The minimum Gasteiger partial charge on any atom is -0.481 e. The van der Waals surface area contributed by atoms with E-state index in [0.29, 0.717) is 18.2 Å². The van der Waals surface area contributed by atoms with E-state index in [9.17, 15) is 4.79 Å². The molecule has 1 fully saturated rings. The van der Waals surface area contributed by atoms with E-state index < -0.39 is 6.10 Å². The van der Waals surface area contributed by atoms with Crippen molar-refractivity contribution in [2.24, 2.45) is 11.7 Å². The average molecular weight is 304 g/mol. The van der Waals surface area contributed by atoms with Gasteiger partial charge in [0, 0.05) is 12.6 Å². The third-order valence-corrected chi connectivity index (χ3v) is 4.14. The third kappa shape index (κ3) is 4.73. The van der Waals surface area contributed by atoms with Gasteiger partial charge >= 0.3 is 0 Å². The van der Waals surface area contributed by atoms with Gasteiger partial charge in [0.2, 0.25) is 0 Å². The molecule has 4 heteroatoms. The lowest BCUT2D eigenvalue weighted by molar-refractivity contribution is -0.127. The van der Waals surface area contributed by atoms with Gasteiger partial charge in [-0.05, 0) is 48.8 Å². The zero-order valence-corrected chi connectivity index (χ0v) is 14.1. The Morgan fingerprint density at radius 2 is 1.91 bits per heavy atom. The third-order valence-electron chi connectivity index (χ3n) is 4.14. The molecule has 1 aromatic carbocycles. The number of hydrogen-bond donors (Lipinski definition) is 2. The molecule has 0 bridgehead atoms. The minimum absolute atomic E-state index is 0.0715. The van der Waals surface area contributed by atoms with E-state index in [2.05, 4.69) is 26.1 Å². The van der Waals surface area contributed by atoms with Crippen molar-refractivity contribution < 1.29 is 9.53 Å². The molecule has 1 aromatic rings. The highest BCUT2D eigenvalue weighted by Gasteiger charge is 2.29. The van der Waals surface area contributed by atoms with E-state index in [0.717, 1.165) is 0 Å². The lowest BCUT2D eigenvalue weighted by Crippen LogP contribution is -2.43. The Bertz CT molecular complexity index is 501. The van der Waals surface area contributed by atoms with E-state index in [4.69, 9.17) is 10.5 Å². The number of nitrogens with one attached hydrogen (secondary N) is 1. The summed E-state index contributed by atoms with van der Waals surface area (Å²) in [5.41, 5.74) is 7.34. The van der Waals surface area contributed by atoms with Crippen molar-refractivity contribution in [2.45, 2.75) is 58.1 Å². The SMILES string of the molecule is CC(Oc1ccc(C(C)(C)C)cc1)C(=O)NCC(N)C1CC1. The van der Waals surface area contributed by atoms with Crippen molar-refractivity contribution >= 4 is 5.91 Å². The molecule has 2 unspecified atom stereocenters. The lowest BCUT2D eigenvalue weighted by atomic mass is 9.87. The monoisotopic (exact) mass is 304 g/mol. The molecule has 0 radical (unpaired) electrons. The molecular weight excluding hydrogens is 276 g/mol. The van der Waals surface area contributed by atoms with Crippen LogP contribution in [0.25, 0.3) is 0 Å². The Balaban J connectivity index is 1.82. The first-order valence-electron chi connectivity index (χ1n) is 8.08. The van der Waals surface area contributed by atoms with Gasteiger partial charge in [0.05, 0.1) is 0 Å². The maximum absolute atomic E-state index is 12.0. The fourth-order valence-electron chi connectivity index (χ4n) is 2.34. The van der Waals surface area contributed by atoms with Gasteiger partial charge in [-0.2, -0.15) is 0 Å². The van der Waals surface area contributed by atoms with Crippen LogP contribution in [-0.2, 0) is 10.2 Å². The Kier molecular flexibility index (Phi) is 5.12. The maximum Gasteiger partial charge on any atom is 0.260 e. The van der Waals surface area contributed by atoms with E-state index in [1.54, 1.807) is 6.92 Å². The van der Waals surface area contributed by atoms with Gasteiger partial charge in [-0.25, -0.2) is 0 Å². The largest absolute Gasteiger partial charge is 0.481 e. The molecule has 3 N–H and O–H groups in total. The second kappa shape index (κ2) is 6.69. The smallest absolute Gasteiger partial charge is 0.260 e. The van der Waals surface area contributed by atoms with Gasteiger partial charge in [-0.15, -0.1) is 0 Å². The van der Waals surface area contributed by atoms with Crippen molar-refractivity contribution in [3.63, 3.8) is 0 Å². The number of benzene rings is 1. The number of carbonyl (C=O) groups is 1. The summed E-state index contributed by atoms with van der Waals surface area (Å²) in [5.74, 6) is 1.18. The topological polar surface area (TPSA) is 64.3 Å². The van der Waals surface area contributed by atoms with Gasteiger partial charge in [-0.3, -0.25) is 4.79 Å². The van der Waals surface area contributed by atoms with Crippen LogP contribution in [0.5, 0.6) is 5.75 Å². The summed E-state index contributed by atoms with van der Waals surface area (Å²) in [6.07, 6.45) is 1.85. The Hall–Kier alpha value is -1.55. The van der Waals surface area contributed by atoms with Gasteiger partial charge in [0.1, 0.15) is 5.75 Å². The van der Waals surface area contributed by atoms with Gasteiger partial charge in [0.15, 0.2) is 6.10 Å². The van der Waals surface area contributed by atoms with Gasteiger partial charge < -0.3 is 15.8 Å². The van der Waals surface area contributed by atoms with Crippen LogP contribution in [0.2, 0.25) is 0 Å². The molecule has 0 heterocycles. The summed E-state index contributed by atoms with van der Waals surface area (Å²) in [6, 6.07) is 7.99. The predicted octanol–water partition coefficient (Wildman–Crippen LogP) is 2.60. The second-order valence-electron chi connectivity index (χ2n) is 7.28. The van der Waals surface area contributed by atoms with Crippen molar-refractivity contribution in [2.75, 3.05) is 6.54 Å². The van der Waals surface area contributed by atoms with Crippen molar-refractivity contribution in [3.05, 3.63) is 29.8 Å². The maximum atomic E-state index is 12.0. The number of ether oxygens (including phenoxy) is 1. The van der Waals surface area contributed by atoms with Crippen LogP contribution < -0.4 is 15.8 Å². The Morgan fingerprint density at radius 1 is 1.32 bits per heavy atom. The first kappa shape index (κ1) is 16.8. The van der Waals surface area contributed by atoms with Crippen LogP contribution in [0.1, 0.15) is 46.1 Å². The van der Waals surface area contributed by atoms with E-state index >= 15 is 0 Å². The summed E-state index contributed by atoms with van der Waals surface area (Å²) in [4.78, 5) is 12.0. The van der Waals surface area contributed by atoms with Crippen LogP contribution in [-0.4, -0.2) is 24.6 Å². The van der Waals surface area contributed by atoms with Crippen LogP contribution in [0.3, 0.4) is 0 Å². The molecule has 2 atom stereocenters. The summed E-state index contributed by atoms with van der Waals surface area (Å²) in [7, 11) is 0. The molecule has 1 aliphatic carbocycles. The highest BCUT2D eigenvalue weighted by molar-refractivity contribution is 5.80. The van der Waals surface area contributed by atoms with Crippen molar-refractivity contribution in [3.8, 4) is 5.75 Å². The number of hydrogen-bond acceptors (Lipinski definition) is 3. The molecule has 1 amide bonds. The Labute approximate surface area is 133 Å². The van der Waals surface area contributed by atoms with Crippen molar-refractivity contribution in [1.82, 2.24) is 5.32 Å². The average Bonchev–Trinajstić information content (AvgIpc) is 3.28. The number of carbonyl (C=O) groups excluding carboxylic acids is 1. The summed E-state index contributed by atoms with van der Waals surface area (Å²) in [5, 5.41) is 2.87. The van der Waals surface area contributed by atoms with E-state index in [1.165, 1.54) is 18.4 Å². The standard InChI is InChI=1S/C18H28N2O2/c1-12(17(21)20-11-16(19)13-5-6-13)22-15-9-7-14(8-10-15)18(2,3)4/h7-10,12-13,16H,5-6,11,19H2,1-4H3,(H,20,21). The summed E-state index contributed by atoms with van der Waals surface area (Å²) >= 11 is 0.